The van der Waals surface area contributed by atoms with Crippen LogP contribution in [0.1, 0.15) is 42.0 Å². The van der Waals surface area contributed by atoms with Gasteiger partial charge < -0.3 is 10.6 Å². The second-order valence-electron chi connectivity index (χ2n) is 6.97. The zero-order chi connectivity index (χ0) is 18.5. The van der Waals surface area contributed by atoms with Gasteiger partial charge in [0.05, 0.1) is 6.04 Å². The summed E-state index contributed by atoms with van der Waals surface area (Å²) in [6.07, 6.45) is 2.47. The molecule has 5 heteroatoms. The second kappa shape index (κ2) is 8.65. The Labute approximate surface area is 158 Å². The Kier molecular flexibility index (Phi) is 6.28. The number of hydrogen-bond donors (Lipinski definition) is 2. The third-order valence-corrected chi connectivity index (χ3v) is 5.26. The molecule has 26 heavy (non-hydrogen) atoms. The fourth-order valence-corrected chi connectivity index (χ4v) is 3.64. The molecule has 0 spiro atoms. The van der Waals surface area contributed by atoms with E-state index in [-0.39, 0.29) is 11.7 Å². The Balaban J connectivity index is 1.78. The van der Waals surface area contributed by atoms with E-state index in [9.17, 15) is 9.18 Å². The average molecular weight is 375 g/mol. The molecule has 0 radical (unpaired) electrons. The first-order chi connectivity index (χ1) is 12.5. The molecule has 1 fully saturated rings. The maximum absolute atomic E-state index is 13.4. The molecule has 1 aliphatic rings. The molecule has 0 saturated carbocycles. The van der Waals surface area contributed by atoms with Crippen LogP contribution in [-0.2, 0) is 4.79 Å². The molecule has 2 N–H and O–H groups in total. The van der Waals surface area contributed by atoms with E-state index in [1.807, 2.05) is 31.2 Å². The number of carbonyl (C=O) groups is 1. The van der Waals surface area contributed by atoms with Crippen LogP contribution in [0.25, 0.3) is 0 Å². The van der Waals surface area contributed by atoms with Crippen molar-refractivity contribution in [2.45, 2.75) is 32.2 Å². The van der Waals surface area contributed by atoms with Crippen molar-refractivity contribution >= 4 is 17.5 Å². The van der Waals surface area contributed by atoms with Crippen LogP contribution in [0, 0.1) is 18.7 Å². The molecule has 2 aromatic rings. The largest absolute Gasteiger partial charge is 0.345 e. The summed E-state index contributed by atoms with van der Waals surface area (Å²) in [6.45, 7) is 4.03. The number of nitrogens with one attached hydrogen (secondary N) is 2. The van der Waals surface area contributed by atoms with Crippen molar-refractivity contribution in [2.75, 3.05) is 13.1 Å². The first-order valence-electron chi connectivity index (χ1n) is 9.04. The highest BCUT2D eigenvalue weighted by atomic mass is 35.5. The number of aryl methyl sites for hydroxylation is 1. The Morgan fingerprint density at radius 2 is 2.08 bits per heavy atom. The van der Waals surface area contributed by atoms with Crippen molar-refractivity contribution in [1.82, 2.24) is 10.6 Å². The molecular weight excluding hydrogens is 351 g/mol. The Morgan fingerprint density at radius 3 is 2.73 bits per heavy atom. The fourth-order valence-electron chi connectivity index (χ4n) is 3.36. The fraction of sp³-hybridized carbons (Fsp3) is 0.381. The summed E-state index contributed by atoms with van der Waals surface area (Å²) in [7, 11) is 0. The van der Waals surface area contributed by atoms with E-state index in [0.717, 1.165) is 37.1 Å². The minimum Gasteiger partial charge on any atom is -0.345 e. The summed E-state index contributed by atoms with van der Waals surface area (Å²) in [6, 6.07) is 11.8. The van der Waals surface area contributed by atoms with Crippen LogP contribution in [0.2, 0.25) is 5.02 Å². The lowest BCUT2D eigenvalue weighted by molar-refractivity contribution is -0.121. The van der Waals surface area contributed by atoms with Crippen LogP contribution in [0.4, 0.5) is 4.39 Å². The van der Waals surface area contributed by atoms with E-state index in [1.165, 1.54) is 12.1 Å². The van der Waals surface area contributed by atoms with E-state index in [0.29, 0.717) is 22.9 Å². The van der Waals surface area contributed by atoms with Crippen molar-refractivity contribution < 1.29 is 9.18 Å². The molecule has 0 aliphatic carbocycles. The smallest absolute Gasteiger partial charge is 0.220 e. The van der Waals surface area contributed by atoms with Gasteiger partial charge in [0.15, 0.2) is 0 Å². The van der Waals surface area contributed by atoms with Gasteiger partial charge in [-0.15, -0.1) is 0 Å². The van der Waals surface area contributed by atoms with Crippen molar-refractivity contribution in [3.05, 3.63) is 70.0 Å². The van der Waals surface area contributed by atoms with E-state index >= 15 is 0 Å². The Hall–Kier alpha value is -1.91. The molecule has 0 aromatic heterocycles. The zero-order valence-corrected chi connectivity index (χ0v) is 15.7. The second-order valence-corrected chi connectivity index (χ2v) is 7.38. The van der Waals surface area contributed by atoms with Crippen LogP contribution in [0.15, 0.2) is 42.5 Å². The maximum Gasteiger partial charge on any atom is 0.220 e. The number of hydrogen-bond acceptors (Lipinski definition) is 2. The standard InChI is InChI=1S/C21H24ClFN2O/c1-14-2-5-16(6-3-14)21(18-8-7-17(23)12-19(18)22)25-20(26)9-4-15-10-11-24-13-15/h2-3,5-8,12,15,21,24H,4,9-11,13H2,1H3,(H,25,26). The minimum absolute atomic E-state index is 0.0112. The predicted molar refractivity (Wildman–Crippen MR) is 103 cm³/mol. The van der Waals surface area contributed by atoms with Crippen LogP contribution < -0.4 is 10.6 Å². The highest BCUT2D eigenvalue weighted by Gasteiger charge is 2.21. The third kappa shape index (κ3) is 4.83. The van der Waals surface area contributed by atoms with E-state index in [2.05, 4.69) is 10.6 Å². The van der Waals surface area contributed by atoms with Gasteiger partial charge in [0.1, 0.15) is 5.82 Å². The zero-order valence-electron chi connectivity index (χ0n) is 14.9. The summed E-state index contributed by atoms with van der Waals surface area (Å²) in [5.41, 5.74) is 2.77. The van der Waals surface area contributed by atoms with Crippen LogP contribution in [0.5, 0.6) is 0 Å². The van der Waals surface area contributed by atoms with Crippen molar-refractivity contribution in [3.63, 3.8) is 0 Å². The number of halogens is 2. The lowest BCUT2D eigenvalue weighted by Gasteiger charge is -2.22. The van der Waals surface area contributed by atoms with Crippen molar-refractivity contribution in [2.24, 2.45) is 5.92 Å². The first-order valence-corrected chi connectivity index (χ1v) is 9.42. The Morgan fingerprint density at radius 1 is 1.31 bits per heavy atom. The number of carbonyl (C=O) groups excluding carboxylic acids is 1. The summed E-state index contributed by atoms with van der Waals surface area (Å²) < 4.78 is 13.4. The van der Waals surface area contributed by atoms with E-state index in [4.69, 9.17) is 11.6 Å². The average Bonchev–Trinajstić information content (AvgIpc) is 3.13. The molecule has 138 valence electrons. The van der Waals surface area contributed by atoms with Crippen molar-refractivity contribution in [1.29, 1.82) is 0 Å². The molecule has 2 atom stereocenters. The van der Waals surface area contributed by atoms with Gasteiger partial charge in [-0.05, 0) is 62.0 Å². The van der Waals surface area contributed by atoms with Gasteiger partial charge in [0.25, 0.3) is 0 Å². The van der Waals surface area contributed by atoms with E-state index < -0.39 is 6.04 Å². The summed E-state index contributed by atoms with van der Waals surface area (Å²) in [5, 5.41) is 6.72. The van der Waals surface area contributed by atoms with Crippen LogP contribution >= 0.6 is 11.6 Å². The minimum atomic E-state index is -0.391. The van der Waals surface area contributed by atoms with E-state index in [1.54, 1.807) is 6.07 Å². The number of amides is 1. The molecule has 2 aromatic carbocycles. The van der Waals surface area contributed by atoms with Gasteiger partial charge in [-0.1, -0.05) is 47.5 Å². The first kappa shape index (κ1) is 18.9. The molecule has 3 nitrogen and oxygen atoms in total. The van der Waals surface area contributed by atoms with Gasteiger partial charge in [-0.25, -0.2) is 4.39 Å². The molecule has 3 rings (SSSR count). The van der Waals surface area contributed by atoms with Gasteiger partial charge in [0.2, 0.25) is 5.91 Å². The lowest BCUT2D eigenvalue weighted by Crippen LogP contribution is -2.30. The molecule has 1 aliphatic heterocycles. The normalized spacial score (nSPS) is 17.9. The van der Waals surface area contributed by atoms with Gasteiger partial charge in [0, 0.05) is 11.4 Å². The summed E-state index contributed by atoms with van der Waals surface area (Å²) in [5.74, 6) is 0.164. The van der Waals surface area contributed by atoms with Gasteiger partial charge in [-0.2, -0.15) is 0 Å². The monoisotopic (exact) mass is 374 g/mol. The number of benzene rings is 2. The maximum atomic E-state index is 13.4. The topological polar surface area (TPSA) is 41.1 Å². The molecule has 1 heterocycles. The van der Waals surface area contributed by atoms with Gasteiger partial charge >= 0.3 is 0 Å². The highest BCUT2D eigenvalue weighted by Crippen LogP contribution is 2.29. The van der Waals surface area contributed by atoms with Gasteiger partial charge in [-0.3, -0.25) is 4.79 Å². The SMILES string of the molecule is Cc1ccc(C(NC(=O)CCC2CCNC2)c2ccc(F)cc2Cl)cc1. The number of rotatable bonds is 6. The predicted octanol–water partition coefficient (Wildman–Crippen LogP) is 4.38. The Bertz CT molecular complexity index is 757. The molecule has 1 amide bonds. The molecular formula is C21H24ClFN2O. The lowest BCUT2D eigenvalue weighted by atomic mass is 9.96. The van der Waals surface area contributed by atoms with Crippen molar-refractivity contribution in [3.8, 4) is 0 Å². The quantitative estimate of drug-likeness (QED) is 0.787. The molecule has 2 unspecified atom stereocenters. The molecule has 0 bridgehead atoms. The highest BCUT2D eigenvalue weighted by molar-refractivity contribution is 6.31. The third-order valence-electron chi connectivity index (χ3n) is 4.93. The van der Waals surface area contributed by atoms with Crippen LogP contribution in [0.3, 0.4) is 0 Å². The molecule has 1 saturated heterocycles. The van der Waals surface area contributed by atoms with Crippen LogP contribution in [-0.4, -0.2) is 19.0 Å². The summed E-state index contributed by atoms with van der Waals surface area (Å²) in [4.78, 5) is 12.6. The summed E-state index contributed by atoms with van der Waals surface area (Å²) >= 11 is 6.27.